The smallest absolute Gasteiger partial charge is 0.243 e. The Labute approximate surface area is 131 Å². The number of hydrogen-bond donors (Lipinski definition) is 2. The van der Waals surface area contributed by atoms with Crippen LogP contribution in [0.2, 0.25) is 0 Å². The van der Waals surface area contributed by atoms with Crippen LogP contribution in [0.15, 0.2) is 29.2 Å². The Balaban J connectivity index is 2.02. The highest BCUT2D eigenvalue weighted by molar-refractivity contribution is 7.89. The van der Waals surface area contributed by atoms with Crippen molar-refractivity contribution in [2.45, 2.75) is 43.7 Å². The number of amides is 1. The van der Waals surface area contributed by atoms with Crippen LogP contribution in [0.25, 0.3) is 0 Å². The molecule has 22 heavy (non-hydrogen) atoms. The molecule has 1 aliphatic rings. The molecule has 0 aromatic heterocycles. The van der Waals surface area contributed by atoms with Crippen LogP contribution in [0.4, 0.5) is 0 Å². The third kappa shape index (κ3) is 3.48. The van der Waals surface area contributed by atoms with E-state index in [0.29, 0.717) is 19.6 Å². The van der Waals surface area contributed by atoms with Crippen LogP contribution >= 0.6 is 0 Å². The largest absolute Gasteiger partial charge is 0.350 e. The summed E-state index contributed by atoms with van der Waals surface area (Å²) in [6.07, 6.45) is 1.44. The molecular formula is C15H23N3O3S. The number of rotatable bonds is 7. The summed E-state index contributed by atoms with van der Waals surface area (Å²) in [5.41, 5.74) is 5.96. The molecule has 1 aliphatic carbocycles. The van der Waals surface area contributed by atoms with Gasteiger partial charge in [0.25, 0.3) is 0 Å². The van der Waals surface area contributed by atoms with Gasteiger partial charge >= 0.3 is 0 Å². The first-order chi connectivity index (χ1) is 10.3. The second-order valence-electron chi connectivity index (χ2n) is 5.57. The molecule has 0 saturated heterocycles. The number of carbonyl (C=O) groups excluding carboxylic acids is 1. The fourth-order valence-corrected chi connectivity index (χ4v) is 3.67. The maximum absolute atomic E-state index is 12.4. The van der Waals surface area contributed by atoms with E-state index in [2.05, 4.69) is 5.32 Å². The molecule has 0 heterocycles. The lowest BCUT2D eigenvalue weighted by molar-refractivity contribution is -0.123. The van der Waals surface area contributed by atoms with Gasteiger partial charge in [-0.1, -0.05) is 26.0 Å². The highest BCUT2D eigenvalue weighted by Crippen LogP contribution is 2.32. The molecule has 0 spiro atoms. The maximum atomic E-state index is 12.4. The number of carbonyl (C=O) groups is 1. The summed E-state index contributed by atoms with van der Waals surface area (Å²) >= 11 is 0. The number of nitrogens with two attached hydrogens (primary N) is 1. The van der Waals surface area contributed by atoms with Crippen molar-refractivity contribution >= 4 is 15.9 Å². The van der Waals surface area contributed by atoms with Gasteiger partial charge in [0.15, 0.2) is 0 Å². The van der Waals surface area contributed by atoms with E-state index in [0.717, 1.165) is 18.4 Å². The van der Waals surface area contributed by atoms with Crippen molar-refractivity contribution in [3.63, 3.8) is 0 Å². The van der Waals surface area contributed by atoms with Gasteiger partial charge in [0.2, 0.25) is 15.9 Å². The molecule has 0 aliphatic heterocycles. The summed E-state index contributed by atoms with van der Waals surface area (Å²) in [6, 6.07) is 6.58. The van der Waals surface area contributed by atoms with Gasteiger partial charge in [-0.15, -0.1) is 0 Å². The minimum atomic E-state index is -3.44. The molecule has 122 valence electrons. The van der Waals surface area contributed by atoms with E-state index in [4.69, 9.17) is 5.73 Å². The molecule has 1 aromatic carbocycles. The summed E-state index contributed by atoms with van der Waals surface area (Å²) in [5, 5.41) is 2.78. The molecule has 1 amide bonds. The van der Waals surface area contributed by atoms with Crippen LogP contribution in [0.1, 0.15) is 32.3 Å². The van der Waals surface area contributed by atoms with Crippen molar-refractivity contribution in [3.8, 4) is 0 Å². The van der Waals surface area contributed by atoms with E-state index in [1.54, 1.807) is 24.3 Å². The first-order valence-corrected chi connectivity index (χ1v) is 8.94. The standard InChI is InChI=1S/C15H23N3O3S/c1-3-18(4-2)22(20,21)13-7-5-12(6-8-13)11-17-14(19)15(16)9-10-15/h5-8H,3-4,9-11,16H2,1-2H3,(H,17,19). The lowest BCUT2D eigenvalue weighted by atomic mass is 10.2. The van der Waals surface area contributed by atoms with Crippen molar-refractivity contribution in [1.29, 1.82) is 0 Å². The molecule has 1 saturated carbocycles. The van der Waals surface area contributed by atoms with Crippen LogP contribution in [0, 0.1) is 0 Å². The zero-order chi connectivity index (χ0) is 16.4. The van der Waals surface area contributed by atoms with Crippen molar-refractivity contribution in [3.05, 3.63) is 29.8 Å². The van der Waals surface area contributed by atoms with E-state index in [9.17, 15) is 13.2 Å². The van der Waals surface area contributed by atoms with Crippen LogP contribution < -0.4 is 11.1 Å². The monoisotopic (exact) mass is 325 g/mol. The molecule has 0 unspecified atom stereocenters. The molecule has 0 atom stereocenters. The first-order valence-electron chi connectivity index (χ1n) is 7.50. The molecule has 7 heteroatoms. The number of nitrogens with one attached hydrogen (secondary N) is 1. The van der Waals surface area contributed by atoms with Crippen molar-refractivity contribution < 1.29 is 13.2 Å². The van der Waals surface area contributed by atoms with Crippen molar-refractivity contribution in [2.24, 2.45) is 5.73 Å². The normalized spacial score (nSPS) is 16.5. The number of hydrogen-bond acceptors (Lipinski definition) is 4. The van der Waals surface area contributed by atoms with Crippen LogP contribution in [0.5, 0.6) is 0 Å². The molecule has 0 radical (unpaired) electrons. The van der Waals surface area contributed by atoms with E-state index >= 15 is 0 Å². The van der Waals surface area contributed by atoms with Crippen LogP contribution in [-0.2, 0) is 21.4 Å². The Bertz CT molecular complexity index is 633. The molecule has 3 N–H and O–H groups in total. The van der Waals surface area contributed by atoms with Gasteiger partial charge in [-0.05, 0) is 30.5 Å². The molecule has 0 bridgehead atoms. The van der Waals surface area contributed by atoms with E-state index in [1.165, 1.54) is 4.31 Å². The lowest BCUT2D eigenvalue weighted by Crippen LogP contribution is -2.42. The second-order valence-corrected chi connectivity index (χ2v) is 7.51. The van der Waals surface area contributed by atoms with Crippen molar-refractivity contribution in [2.75, 3.05) is 13.1 Å². The Kier molecular flexibility index (Phi) is 4.89. The third-order valence-electron chi connectivity index (χ3n) is 3.96. The van der Waals surface area contributed by atoms with Gasteiger partial charge < -0.3 is 11.1 Å². The van der Waals surface area contributed by atoms with E-state index in [1.807, 2.05) is 13.8 Å². The van der Waals surface area contributed by atoms with Gasteiger partial charge in [-0.2, -0.15) is 4.31 Å². The lowest BCUT2D eigenvalue weighted by Gasteiger charge is -2.18. The Hall–Kier alpha value is -1.44. The molecule has 1 aromatic rings. The summed E-state index contributed by atoms with van der Waals surface area (Å²) in [5.74, 6) is -0.146. The summed E-state index contributed by atoms with van der Waals surface area (Å²) in [6.45, 7) is 4.85. The molecule has 1 fully saturated rings. The predicted molar refractivity (Wildman–Crippen MR) is 84.5 cm³/mol. The summed E-state index contributed by atoms with van der Waals surface area (Å²) in [7, 11) is -3.44. The molecular weight excluding hydrogens is 302 g/mol. The Morgan fingerprint density at radius 2 is 1.77 bits per heavy atom. The number of sulfonamides is 1. The topological polar surface area (TPSA) is 92.5 Å². The fourth-order valence-electron chi connectivity index (χ4n) is 2.21. The van der Waals surface area contributed by atoms with Gasteiger partial charge in [-0.3, -0.25) is 4.79 Å². The highest BCUT2D eigenvalue weighted by atomic mass is 32.2. The average Bonchev–Trinajstić information content (AvgIpc) is 3.25. The molecule has 2 rings (SSSR count). The zero-order valence-electron chi connectivity index (χ0n) is 13.0. The van der Waals surface area contributed by atoms with Crippen LogP contribution in [-0.4, -0.2) is 37.3 Å². The highest BCUT2D eigenvalue weighted by Gasteiger charge is 2.45. The summed E-state index contributed by atoms with van der Waals surface area (Å²) < 4.78 is 26.1. The Morgan fingerprint density at radius 1 is 1.23 bits per heavy atom. The minimum Gasteiger partial charge on any atom is -0.350 e. The van der Waals surface area contributed by atoms with Gasteiger partial charge in [0.05, 0.1) is 10.4 Å². The Morgan fingerprint density at radius 3 is 2.23 bits per heavy atom. The quantitative estimate of drug-likeness (QED) is 0.776. The average molecular weight is 325 g/mol. The maximum Gasteiger partial charge on any atom is 0.243 e. The second kappa shape index (κ2) is 6.36. The minimum absolute atomic E-state index is 0.146. The van der Waals surface area contributed by atoms with Crippen LogP contribution in [0.3, 0.4) is 0 Å². The number of benzene rings is 1. The van der Waals surface area contributed by atoms with Gasteiger partial charge in [0, 0.05) is 19.6 Å². The molecule has 6 nitrogen and oxygen atoms in total. The third-order valence-corrected chi connectivity index (χ3v) is 6.02. The van der Waals surface area contributed by atoms with Gasteiger partial charge in [0.1, 0.15) is 0 Å². The fraction of sp³-hybridized carbons (Fsp3) is 0.533. The summed E-state index contributed by atoms with van der Waals surface area (Å²) in [4.78, 5) is 12.0. The van der Waals surface area contributed by atoms with Gasteiger partial charge in [-0.25, -0.2) is 8.42 Å². The SMILES string of the molecule is CCN(CC)S(=O)(=O)c1ccc(CNC(=O)C2(N)CC2)cc1. The predicted octanol–water partition coefficient (Wildman–Crippen LogP) is 0.825. The van der Waals surface area contributed by atoms with E-state index in [-0.39, 0.29) is 10.8 Å². The zero-order valence-corrected chi connectivity index (χ0v) is 13.8. The number of nitrogens with zero attached hydrogens (tertiary/aromatic N) is 1. The first kappa shape index (κ1) is 16.9. The van der Waals surface area contributed by atoms with E-state index < -0.39 is 15.6 Å². The van der Waals surface area contributed by atoms with Crippen molar-refractivity contribution in [1.82, 2.24) is 9.62 Å².